The van der Waals surface area contributed by atoms with Gasteiger partial charge in [0.2, 0.25) is 5.88 Å². The van der Waals surface area contributed by atoms with E-state index >= 15 is 0 Å². The van der Waals surface area contributed by atoms with Crippen molar-refractivity contribution in [1.29, 1.82) is 0 Å². The highest BCUT2D eigenvalue weighted by Gasteiger charge is 2.42. The van der Waals surface area contributed by atoms with Gasteiger partial charge in [-0.2, -0.15) is 0 Å². The van der Waals surface area contributed by atoms with Crippen LogP contribution in [0.5, 0.6) is 5.88 Å². The quantitative estimate of drug-likeness (QED) is 0.685. The van der Waals surface area contributed by atoms with Crippen LogP contribution in [0.25, 0.3) is 0 Å². The number of thioether (sulfide) groups is 1. The highest BCUT2D eigenvalue weighted by atomic mass is 32.2. The van der Waals surface area contributed by atoms with Crippen LogP contribution in [0.1, 0.15) is 36.8 Å². The maximum atomic E-state index is 14.8. The Balaban J connectivity index is 1.90. The van der Waals surface area contributed by atoms with Crippen molar-refractivity contribution < 1.29 is 18.3 Å². The number of nitrogens with zero attached hydrogens (tertiary/aromatic N) is 3. The minimum absolute atomic E-state index is 0.00881. The van der Waals surface area contributed by atoms with Gasteiger partial charge in [0.05, 0.1) is 17.9 Å². The monoisotopic (exact) mass is 445 g/mol. The van der Waals surface area contributed by atoms with E-state index in [1.807, 2.05) is 13.8 Å². The van der Waals surface area contributed by atoms with Crippen LogP contribution in [0.2, 0.25) is 0 Å². The Labute approximate surface area is 182 Å². The van der Waals surface area contributed by atoms with E-state index in [2.05, 4.69) is 26.2 Å². The SMILES string of the molecule is C#CCOc1cnc(C(=O)Nc2cc(F)c(F)c([C@@]3(C)N=C(N)S[C@@H](C)[C@H]3C)c2)cn1. The third-order valence-corrected chi connectivity index (χ3v) is 6.35. The number of carbonyl (C=O) groups excluding carboxylic acids is 1. The zero-order valence-electron chi connectivity index (χ0n) is 17.1. The molecular weight excluding hydrogens is 424 g/mol. The molecule has 2 heterocycles. The first kappa shape index (κ1) is 22.5. The molecule has 0 radical (unpaired) electrons. The lowest BCUT2D eigenvalue weighted by Gasteiger charge is -2.40. The van der Waals surface area contributed by atoms with Crippen molar-refractivity contribution >= 4 is 28.5 Å². The number of benzene rings is 1. The van der Waals surface area contributed by atoms with Crippen molar-refractivity contribution in [3.05, 3.63) is 47.4 Å². The maximum Gasteiger partial charge on any atom is 0.275 e. The second-order valence-corrected chi connectivity index (χ2v) is 8.61. The average Bonchev–Trinajstić information content (AvgIpc) is 2.73. The zero-order valence-corrected chi connectivity index (χ0v) is 18.0. The summed E-state index contributed by atoms with van der Waals surface area (Å²) in [6.07, 6.45) is 7.53. The molecule has 0 fully saturated rings. The molecule has 0 bridgehead atoms. The Morgan fingerprint density at radius 2 is 2.10 bits per heavy atom. The van der Waals surface area contributed by atoms with Gasteiger partial charge >= 0.3 is 0 Å². The minimum atomic E-state index is -1.11. The van der Waals surface area contributed by atoms with Crippen molar-refractivity contribution in [2.45, 2.75) is 31.6 Å². The maximum absolute atomic E-state index is 14.8. The number of amides is 1. The highest BCUT2D eigenvalue weighted by molar-refractivity contribution is 8.14. The number of nitrogens with two attached hydrogens (primary N) is 1. The molecule has 7 nitrogen and oxygen atoms in total. The van der Waals surface area contributed by atoms with Gasteiger partial charge in [-0.15, -0.1) is 6.42 Å². The summed E-state index contributed by atoms with van der Waals surface area (Å²) in [7, 11) is 0. The van der Waals surface area contributed by atoms with Crippen molar-refractivity contribution in [3.8, 4) is 18.2 Å². The van der Waals surface area contributed by atoms with E-state index in [4.69, 9.17) is 16.9 Å². The summed E-state index contributed by atoms with van der Waals surface area (Å²) in [4.78, 5) is 24.8. The zero-order chi connectivity index (χ0) is 22.8. The summed E-state index contributed by atoms with van der Waals surface area (Å²) in [6.45, 7) is 5.56. The summed E-state index contributed by atoms with van der Waals surface area (Å²) in [6, 6.07) is 2.26. The van der Waals surface area contributed by atoms with E-state index in [9.17, 15) is 13.6 Å². The fraction of sp³-hybridized carbons (Fsp3) is 0.333. The van der Waals surface area contributed by atoms with Gasteiger partial charge in [-0.3, -0.25) is 9.79 Å². The number of hydrogen-bond acceptors (Lipinski definition) is 7. The molecule has 162 valence electrons. The van der Waals surface area contributed by atoms with Gasteiger partial charge < -0.3 is 15.8 Å². The van der Waals surface area contributed by atoms with E-state index in [1.165, 1.54) is 30.2 Å². The summed E-state index contributed by atoms with van der Waals surface area (Å²) < 4.78 is 34.3. The molecule has 3 atom stereocenters. The lowest BCUT2D eigenvalue weighted by molar-refractivity contribution is 0.102. The number of terminal acetylenes is 1. The second kappa shape index (κ2) is 8.89. The molecule has 3 rings (SSSR count). The largest absolute Gasteiger partial charge is 0.463 e. The molecule has 0 saturated heterocycles. The minimum Gasteiger partial charge on any atom is -0.463 e. The van der Waals surface area contributed by atoms with Gasteiger partial charge in [0.15, 0.2) is 23.4 Å². The molecule has 1 aliphatic rings. The summed E-state index contributed by atoms with van der Waals surface area (Å²) in [5, 5.41) is 2.85. The fourth-order valence-electron chi connectivity index (χ4n) is 3.26. The fourth-order valence-corrected chi connectivity index (χ4v) is 4.35. The smallest absolute Gasteiger partial charge is 0.275 e. The number of amidine groups is 1. The standard InChI is InChI=1S/C21H21F2N5O2S/c1-5-6-30-17-10-25-16(9-26-17)19(29)27-13-7-14(18(23)15(22)8-13)21(4)11(2)12(3)31-20(24)28-21/h1,7-12H,6H2,2-4H3,(H2,24,28)(H,27,29)/t11-,12+,21+/m1/s1. The van der Waals surface area contributed by atoms with Crippen LogP contribution in [-0.4, -0.2) is 32.9 Å². The Morgan fingerprint density at radius 1 is 1.35 bits per heavy atom. The molecule has 31 heavy (non-hydrogen) atoms. The van der Waals surface area contributed by atoms with Crippen LogP contribution < -0.4 is 15.8 Å². The Kier molecular flexibility index (Phi) is 6.45. The number of rotatable bonds is 5. The van der Waals surface area contributed by atoms with E-state index in [1.54, 1.807) is 6.92 Å². The van der Waals surface area contributed by atoms with Crippen molar-refractivity contribution in [1.82, 2.24) is 9.97 Å². The van der Waals surface area contributed by atoms with E-state index in [0.717, 1.165) is 6.07 Å². The average molecular weight is 445 g/mol. The summed E-state index contributed by atoms with van der Waals surface area (Å²) in [5.74, 6) is -0.490. The van der Waals surface area contributed by atoms with E-state index in [0.29, 0.717) is 5.17 Å². The van der Waals surface area contributed by atoms with Crippen LogP contribution >= 0.6 is 11.8 Å². The number of anilines is 1. The molecule has 1 aliphatic heterocycles. The second-order valence-electron chi connectivity index (χ2n) is 7.22. The lowest BCUT2D eigenvalue weighted by atomic mass is 9.78. The molecule has 0 aliphatic carbocycles. The first-order chi connectivity index (χ1) is 14.7. The summed E-state index contributed by atoms with van der Waals surface area (Å²) >= 11 is 1.38. The van der Waals surface area contributed by atoms with Crippen molar-refractivity contribution in [2.24, 2.45) is 16.6 Å². The molecule has 1 amide bonds. The molecule has 0 unspecified atom stereocenters. The van der Waals surface area contributed by atoms with Crippen LogP contribution in [0.15, 0.2) is 29.5 Å². The lowest BCUT2D eigenvalue weighted by Crippen LogP contribution is -2.41. The van der Waals surface area contributed by atoms with Gasteiger partial charge in [0.25, 0.3) is 5.91 Å². The number of aliphatic imine (C=N–C) groups is 1. The van der Waals surface area contributed by atoms with Crippen LogP contribution in [0, 0.1) is 29.9 Å². The molecule has 1 aromatic carbocycles. The molecule has 2 aromatic rings. The first-order valence-corrected chi connectivity index (χ1v) is 10.2. The molecule has 3 N–H and O–H groups in total. The third-order valence-electron chi connectivity index (χ3n) is 5.24. The van der Waals surface area contributed by atoms with Crippen molar-refractivity contribution in [2.75, 3.05) is 11.9 Å². The number of ether oxygens (including phenoxy) is 1. The van der Waals surface area contributed by atoms with Gasteiger partial charge in [0.1, 0.15) is 5.69 Å². The van der Waals surface area contributed by atoms with Crippen LogP contribution in [0.3, 0.4) is 0 Å². The highest BCUT2D eigenvalue weighted by Crippen LogP contribution is 2.45. The summed E-state index contributed by atoms with van der Waals surface area (Å²) in [5.41, 5.74) is 4.84. The predicted molar refractivity (Wildman–Crippen MR) is 116 cm³/mol. The Bertz CT molecular complexity index is 1070. The van der Waals surface area contributed by atoms with Gasteiger partial charge in [-0.05, 0) is 18.9 Å². The molecule has 1 aromatic heterocycles. The van der Waals surface area contributed by atoms with Crippen molar-refractivity contribution in [3.63, 3.8) is 0 Å². The Morgan fingerprint density at radius 3 is 2.74 bits per heavy atom. The predicted octanol–water partition coefficient (Wildman–Crippen LogP) is 3.32. The third kappa shape index (κ3) is 4.61. The van der Waals surface area contributed by atoms with E-state index in [-0.39, 0.29) is 40.6 Å². The number of hydrogen-bond donors (Lipinski definition) is 2. The molecule has 10 heteroatoms. The number of halogens is 2. The van der Waals surface area contributed by atoms with Gasteiger partial charge in [-0.25, -0.2) is 18.7 Å². The number of carbonyl (C=O) groups is 1. The van der Waals surface area contributed by atoms with Crippen LogP contribution in [0.4, 0.5) is 14.5 Å². The van der Waals surface area contributed by atoms with E-state index < -0.39 is 23.1 Å². The molecule has 0 spiro atoms. The normalized spacial score (nSPS) is 22.9. The molecular formula is C21H21F2N5O2S. The van der Waals surface area contributed by atoms with Gasteiger partial charge in [0, 0.05) is 22.6 Å². The van der Waals surface area contributed by atoms with Gasteiger partial charge in [-0.1, -0.05) is 31.5 Å². The Hall–Kier alpha value is -3.19. The number of nitrogens with one attached hydrogen (secondary N) is 1. The van der Waals surface area contributed by atoms with Crippen LogP contribution in [-0.2, 0) is 5.54 Å². The first-order valence-electron chi connectivity index (χ1n) is 9.37. The number of aromatic nitrogens is 2. The molecule has 0 saturated carbocycles. The topological polar surface area (TPSA) is 102 Å².